The third kappa shape index (κ3) is 6.44. The number of hydrogen-bond donors (Lipinski definition) is 2. The van der Waals surface area contributed by atoms with Crippen molar-refractivity contribution in [3.8, 4) is 22.4 Å². The van der Waals surface area contributed by atoms with E-state index in [4.69, 9.17) is 19.8 Å². The smallest absolute Gasteiger partial charge is 0.410 e. The van der Waals surface area contributed by atoms with Crippen LogP contribution in [-0.2, 0) is 10.6 Å². The normalized spacial score (nSPS) is 17.2. The predicted molar refractivity (Wildman–Crippen MR) is 177 cm³/mol. The molecule has 10 nitrogen and oxygen atoms in total. The molecular formula is C34H42N6O4S. The van der Waals surface area contributed by atoms with Crippen LogP contribution in [-0.4, -0.2) is 89.1 Å². The number of para-hydroxylation sites is 1. The first-order chi connectivity index (χ1) is 21.4. The first kappa shape index (κ1) is 31.5. The van der Waals surface area contributed by atoms with E-state index >= 15 is 0 Å². The molecule has 4 heterocycles. The highest BCUT2D eigenvalue weighted by Crippen LogP contribution is 2.35. The fourth-order valence-corrected chi connectivity index (χ4v) is 7.23. The number of piperidine rings is 1. The summed E-state index contributed by atoms with van der Waals surface area (Å²) in [4.78, 5) is 26.0. The summed E-state index contributed by atoms with van der Waals surface area (Å²) in [6.45, 7) is 12.2. The van der Waals surface area contributed by atoms with Crippen molar-refractivity contribution >= 4 is 28.9 Å². The Kier molecular flexibility index (Phi) is 8.64. The van der Waals surface area contributed by atoms with Gasteiger partial charge in [-0.1, -0.05) is 36.4 Å². The molecule has 2 aliphatic rings. The van der Waals surface area contributed by atoms with Gasteiger partial charge in [-0.3, -0.25) is 9.67 Å². The van der Waals surface area contributed by atoms with Crippen LogP contribution in [0.25, 0.3) is 33.4 Å². The third-order valence-corrected chi connectivity index (χ3v) is 9.59. The Hall–Kier alpha value is -3.51. The first-order valence-corrected chi connectivity index (χ1v) is 16.8. The summed E-state index contributed by atoms with van der Waals surface area (Å²) in [6, 6.07) is 13.5. The number of hydrogen-bond acceptors (Lipinski definition) is 9. The number of ether oxygens (including phenoxy) is 1. The Balaban J connectivity index is 1.25. The summed E-state index contributed by atoms with van der Waals surface area (Å²) < 4.78 is 7.66. The minimum absolute atomic E-state index is 0.174. The molecule has 238 valence electrons. The van der Waals surface area contributed by atoms with E-state index in [9.17, 15) is 15.0 Å². The minimum atomic E-state index is -2.01. The van der Waals surface area contributed by atoms with E-state index in [1.54, 1.807) is 21.9 Å². The molecular weight excluding hydrogens is 588 g/mol. The number of amides is 1. The molecule has 1 amide bonds. The maximum Gasteiger partial charge on any atom is 0.410 e. The molecule has 45 heavy (non-hydrogen) atoms. The highest BCUT2D eigenvalue weighted by molar-refractivity contribution is 7.99. The number of fused-ring (bicyclic) bond motifs is 1. The maximum atomic E-state index is 12.6. The zero-order chi connectivity index (χ0) is 31.9. The zero-order valence-electron chi connectivity index (χ0n) is 26.7. The van der Waals surface area contributed by atoms with E-state index < -0.39 is 11.5 Å². The number of aliphatic hydroxyl groups is 2. The molecule has 2 aliphatic heterocycles. The summed E-state index contributed by atoms with van der Waals surface area (Å²) in [6.07, 6.45) is 3.14. The van der Waals surface area contributed by atoms with Crippen molar-refractivity contribution in [3.05, 3.63) is 65.6 Å². The van der Waals surface area contributed by atoms with Crippen molar-refractivity contribution in [2.24, 2.45) is 0 Å². The topological polar surface area (TPSA) is 117 Å². The molecule has 2 aromatic carbocycles. The molecule has 0 unspecified atom stereocenters. The number of carbonyl (C=O) groups excluding carboxylic acids is 1. The molecule has 0 saturated carbocycles. The molecule has 6 rings (SSSR count). The molecule has 4 aromatic rings. The largest absolute Gasteiger partial charge is 0.444 e. The van der Waals surface area contributed by atoms with E-state index in [1.165, 1.54) is 0 Å². The Morgan fingerprint density at radius 2 is 1.67 bits per heavy atom. The van der Waals surface area contributed by atoms with Gasteiger partial charge in [0.15, 0.2) is 0 Å². The Morgan fingerprint density at radius 1 is 0.978 bits per heavy atom. The first-order valence-electron chi connectivity index (χ1n) is 15.6. The lowest BCUT2D eigenvalue weighted by Gasteiger charge is -2.37. The number of carbonyl (C=O) groups is 1. The highest BCUT2D eigenvalue weighted by Gasteiger charge is 2.35. The van der Waals surface area contributed by atoms with Gasteiger partial charge < -0.3 is 19.8 Å². The SMILES string of the molecule is Cc1nn(C2CCN(C(=O)OC(C)(C)C)CC2)c(C)c1-c1cnc2cccc(-c3ccc(C(O)(O)N4CCSCC4)cc3)c2n1. The van der Waals surface area contributed by atoms with E-state index in [0.717, 1.165) is 69.2 Å². The van der Waals surface area contributed by atoms with Gasteiger partial charge in [-0.2, -0.15) is 16.9 Å². The van der Waals surface area contributed by atoms with Crippen LogP contribution in [0.1, 0.15) is 56.6 Å². The number of aryl methyl sites for hydroxylation is 1. The van der Waals surface area contributed by atoms with Gasteiger partial charge >= 0.3 is 6.09 Å². The Morgan fingerprint density at radius 3 is 2.33 bits per heavy atom. The van der Waals surface area contributed by atoms with Crippen molar-refractivity contribution in [3.63, 3.8) is 0 Å². The van der Waals surface area contributed by atoms with Gasteiger partial charge in [-0.05, 0) is 59.1 Å². The van der Waals surface area contributed by atoms with Gasteiger partial charge in [0, 0.05) is 60.1 Å². The van der Waals surface area contributed by atoms with Gasteiger partial charge in [0.25, 0.3) is 5.91 Å². The lowest BCUT2D eigenvalue weighted by molar-refractivity contribution is -0.273. The Labute approximate surface area is 268 Å². The number of thioether (sulfide) groups is 1. The number of aromatic nitrogens is 4. The van der Waals surface area contributed by atoms with Crippen LogP contribution in [0.15, 0.2) is 48.7 Å². The second kappa shape index (κ2) is 12.4. The van der Waals surface area contributed by atoms with Crippen molar-refractivity contribution < 1.29 is 19.7 Å². The minimum Gasteiger partial charge on any atom is -0.444 e. The highest BCUT2D eigenvalue weighted by atomic mass is 32.2. The van der Waals surface area contributed by atoms with E-state index in [-0.39, 0.29) is 12.1 Å². The fourth-order valence-electron chi connectivity index (χ4n) is 6.33. The second-order valence-electron chi connectivity index (χ2n) is 12.9. The molecule has 11 heteroatoms. The standard InChI is InChI=1S/C34H42N6O4S/c1-22-30(23(2)40(37-22)26-13-15-38(16-14-26)32(41)44-33(3,4)5)29-21-35-28-8-6-7-27(31(28)36-29)24-9-11-25(12-10-24)34(42,43)39-17-19-45-20-18-39/h6-12,21,26,42-43H,13-20H2,1-5H3. The van der Waals surface area contributed by atoms with Crippen LogP contribution in [0, 0.1) is 13.8 Å². The van der Waals surface area contributed by atoms with E-state index in [0.29, 0.717) is 31.7 Å². The number of likely N-dealkylation sites (tertiary alicyclic amines) is 1. The summed E-state index contributed by atoms with van der Waals surface area (Å²) >= 11 is 1.82. The number of benzene rings is 2. The van der Waals surface area contributed by atoms with Crippen molar-refractivity contribution in [2.75, 3.05) is 37.7 Å². The van der Waals surface area contributed by atoms with E-state index in [1.807, 2.05) is 76.0 Å². The molecule has 0 spiro atoms. The van der Waals surface area contributed by atoms with Crippen molar-refractivity contribution in [1.29, 1.82) is 0 Å². The van der Waals surface area contributed by atoms with Gasteiger partial charge in [-0.15, -0.1) is 0 Å². The van der Waals surface area contributed by atoms with Gasteiger partial charge in [0.1, 0.15) is 5.60 Å². The molecule has 2 aromatic heterocycles. The van der Waals surface area contributed by atoms with Crippen LogP contribution >= 0.6 is 11.8 Å². The monoisotopic (exact) mass is 630 g/mol. The van der Waals surface area contributed by atoms with Gasteiger partial charge in [0.2, 0.25) is 0 Å². The summed E-state index contributed by atoms with van der Waals surface area (Å²) in [5.74, 6) is -0.251. The Bertz CT molecular complexity index is 1680. The summed E-state index contributed by atoms with van der Waals surface area (Å²) in [5.41, 5.74) is 6.95. The van der Waals surface area contributed by atoms with E-state index in [2.05, 4.69) is 11.6 Å². The fraction of sp³-hybridized carbons (Fsp3) is 0.471. The van der Waals surface area contributed by atoms with Crippen LogP contribution in [0.4, 0.5) is 4.79 Å². The summed E-state index contributed by atoms with van der Waals surface area (Å²) in [7, 11) is 0. The molecule has 0 aliphatic carbocycles. The van der Waals surface area contributed by atoms with Crippen LogP contribution in [0.3, 0.4) is 0 Å². The molecule has 0 atom stereocenters. The van der Waals surface area contributed by atoms with Crippen molar-refractivity contribution in [1.82, 2.24) is 29.5 Å². The van der Waals surface area contributed by atoms with Crippen LogP contribution in [0.2, 0.25) is 0 Å². The van der Waals surface area contributed by atoms with Crippen molar-refractivity contribution in [2.45, 2.75) is 65.0 Å². The summed E-state index contributed by atoms with van der Waals surface area (Å²) in [5, 5.41) is 26.8. The van der Waals surface area contributed by atoms with Gasteiger partial charge in [0.05, 0.1) is 34.7 Å². The second-order valence-corrected chi connectivity index (χ2v) is 14.2. The zero-order valence-corrected chi connectivity index (χ0v) is 27.5. The average Bonchev–Trinajstić information content (AvgIpc) is 3.33. The lowest BCUT2D eigenvalue weighted by atomic mass is 10.0. The number of rotatable bonds is 5. The quantitative estimate of drug-likeness (QED) is 0.276. The molecule has 0 bridgehead atoms. The molecule has 2 fully saturated rings. The number of nitrogens with zero attached hydrogens (tertiary/aromatic N) is 6. The lowest BCUT2D eigenvalue weighted by Crippen LogP contribution is -2.49. The molecule has 2 N–H and O–H groups in total. The van der Waals surface area contributed by atoms with Crippen LogP contribution in [0.5, 0.6) is 0 Å². The maximum absolute atomic E-state index is 12.6. The molecule has 0 radical (unpaired) electrons. The molecule has 2 saturated heterocycles. The predicted octanol–water partition coefficient (Wildman–Crippen LogP) is 5.49. The van der Waals surface area contributed by atoms with Gasteiger partial charge in [-0.25, -0.2) is 14.7 Å². The van der Waals surface area contributed by atoms with Crippen LogP contribution < -0.4 is 0 Å². The third-order valence-electron chi connectivity index (χ3n) is 8.65. The average molecular weight is 631 g/mol.